The second kappa shape index (κ2) is 9.22. The number of ether oxygens (including phenoxy) is 1. The first-order valence-electron chi connectivity index (χ1n) is 11.0. The van der Waals surface area contributed by atoms with E-state index in [1.165, 1.54) is 0 Å². The fraction of sp³-hybridized carbons (Fsp3) is 0.682. The molecule has 2 amide bonds. The quantitative estimate of drug-likeness (QED) is 0.778. The minimum Gasteiger partial charge on any atom is -0.381 e. The van der Waals surface area contributed by atoms with Gasteiger partial charge in [-0.05, 0) is 37.8 Å². The summed E-state index contributed by atoms with van der Waals surface area (Å²) in [5.74, 6) is 0.142. The predicted molar refractivity (Wildman–Crippen MR) is 109 cm³/mol. The first-order valence-corrected chi connectivity index (χ1v) is 11.0. The molecule has 0 bridgehead atoms. The highest BCUT2D eigenvalue weighted by Crippen LogP contribution is 2.36. The zero-order valence-electron chi connectivity index (χ0n) is 17.3. The van der Waals surface area contributed by atoms with Gasteiger partial charge in [-0.2, -0.15) is 0 Å². The lowest BCUT2D eigenvalue weighted by Gasteiger charge is -2.43. The van der Waals surface area contributed by atoms with Gasteiger partial charge in [-0.3, -0.25) is 19.5 Å². The fourth-order valence-corrected chi connectivity index (χ4v) is 5.25. The maximum Gasteiger partial charge on any atom is 0.237 e. The van der Waals surface area contributed by atoms with E-state index in [2.05, 4.69) is 22.1 Å². The van der Waals surface area contributed by atoms with Gasteiger partial charge in [0.15, 0.2) is 0 Å². The van der Waals surface area contributed by atoms with Crippen LogP contribution in [0.15, 0.2) is 24.4 Å². The third kappa shape index (κ3) is 4.46. The molecule has 0 unspecified atom stereocenters. The maximum atomic E-state index is 13.0. The number of hydrogen-bond acceptors (Lipinski definition) is 5. The first kappa shape index (κ1) is 20.3. The number of aromatic nitrogens is 1. The summed E-state index contributed by atoms with van der Waals surface area (Å²) in [4.78, 5) is 34.6. The number of amides is 2. The summed E-state index contributed by atoms with van der Waals surface area (Å²) in [5.41, 5.74) is 0.978. The van der Waals surface area contributed by atoms with Gasteiger partial charge in [0.25, 0.3) is 0 Å². The Bertz CT molecular complexity index is 707. The van der Waals surface area contributed by atoms with Crippen molar-refractivity contribution in [3.63, 3.8) is 0 Å². The highest BCUT2D eigenvalue weighted by molar-refractivity contribution is 5.84. The van der Waals surface area contributed by atoms with E-state index in [4.69, 9.17) is 4.74 Å². The summed E-state index contributed by atoms with van der Waals surface area (Å²) in [5, 5.41) is 3.09. The van der Waals surface area contributed by atoms with Crippen LogP contribution >= 0.6 is 0 Å². The van der Waals surface area contributed by atoms with Crippen LogP contribution in [0.1, 0.15) is 38.3 Å². The van der Waals surface area contributed by atoms with Crippen molar-refractivity contribution in [2.75, 3.05) is 32.8 Å². The van der Waals surface area contributed by atoms with Crippen molar-refractivity contribution in [2.45, 2.75) is 57.2 Å². The number of carbonyl (C=O) groups is 2. The van der Waals surface area contributed by atoms with Gasteiger partial charge in [0.2, 0.25) is 11.8 Å². The van der Waals surface area contributed by atoms with Crippen LogP contribution in [-0.4, -0.2) is 77.6 Å². The van der Waals surface area contributed by atoms with E-state index in [1.807, 2.05) is 23.1 Å². The minimum atomic E-state index is -0.118. The number of fused-ring (bicyclic) bond motifs is 1. The number of carbonyl (C=O) groups excluding carboxylic acids is 2. The lowest BCUT2D eigenvalue weighted by atomic mass is 9.96. The second-order valence-corrected chi connectivity index (χ2v) is 8.41. The highest BCUT2D eigenvalue weighted by atomic mass is 16.5. The molecular formula is C22H32N4O3. The number of pyridine rings is 1. The number of piperazine rings is 1. The van der Waals surface area contributed by atoms with E-state index >= 15 is 0 Å². The van der Waals surface area contributed by atoms with Crippen molar-refractivity contribution < 1.29 is 14.3 Å². The SMILES string of the molecule is CC[C@@H]1[C@H](C(=O)NCCc2ccccn2)C[C@@H]2CN(C3CCOCC3)CC(=O)N21. The molecule has 1 aromatic rings. The van der Waals surface area contributed by atoms with Gasteiger partial charge in [0, 0.05) is 62.7 Å². The van der Waals surface area contributed by atoms with E-state index in [0.717, 1.165) is 57.6 Å². The van der Waals surface area contributed by atoms with E-state index in [-0.39, 0.29) is 29.8 Å². The predicted octanol–water partition coefficient (Wildman–Crippen LogP) is 1.23. The third-order valence-corrected chi connectivity index (χ3v) is 6.68. The molecule has 4 heterocycles. The van der Waals surface area contributed by atoms with Crippen LogP contribution in [0.2, 0.25) is 0 Å². The lowest BCUT2D eigenvalue weighted by molar-refractivity contribution is -0.143. The van der Waals surface area contributed by atoms with Crippen molar-refractivity contribution in [3.05, 3.63) is 30.1 Å². The molecule has 0 aromatic carbocycles. The number of nitrogens with zero attached hydrogens (tertiary/aromatic N) is 3. The van der Waals surface area contributed by atoms with Crippen LogP contribution in [0.5, 0.6) is 0 Å². The van der Waals surface area contributed by atoms with Gasteiger partial charge < -0.3 is 15.0 Å². The van der Waals surface area contributed by atoms with E-state index in [1.54, 1.807) is 6.20 Å². The molecule has 3 fully saturated rings. The average molecular weight is 401 g/mol. The largest absolute Gasteiger partial charge is 0.381 e. The second-order valence-electron chi connectivity index (χ2n) is 8.41. The van der Waals surface area contributed by atoms with Crippen LogP contribution in [0.25, 0.3) is 0 Å². The van der Waals surface area contributed by atoms with Gasteiger partial charge in [0.05, 0.1) is 12.5 Å². The van der Waals surface area contributed by atoms with Gasteiger partial charge in [-0.25, -0.2) is 0 Å². The number of hydrogen-bond donors (Lipinski definition) is 1. The normalized spacial score (nSPS) is 28.4. The van der Waals surface area contributed by atoms with Crippen LogP contribution in [0.3, 0.4) is 0 Å². The first-order chi connectivity index (χ1) is 14.2. The van der Waals surface area contributed by atoms with E-state index < -0.39 is 0 Å². The van der Waals surface area contributed by atoms with Crippen molar-refractivity contribution in [3.8, 4) is 0 Å². The van der Waals surface area contributed by atoms with Crippen molar-refractivity contribution in [1.29, 1.82) is 0 Å². The standard InChI is InChI=1S/C22H32N4O3/c1-2-20-19(22(28)24-10-6-16-5-3-4-9-23-16)13-18-14-25(15-21(27)26(18)20)17-7-11-29-12-8-17/h3-5,9,17-20H,2,6-8,10-15H2,1H3,(H,24,28)/t18-,19-,20-/m1/s1. The molecule has 3 aliphatic rings. The fourth-order valence-electron chi connectivity index (χ4n) is 5.25. The summed E-state index contributed by atoms with van der Waals surface area (Å²) in [6, 6.07) is 6.42. The monoisotopic (exact) mass is 400 g/mol. The van der Waals surface area contributed by atoms with Gasteiger partial charge in [-0.15, -0.1) is 0 Å². The van der Waals surface area contributed by atoms with E-state index in [9.17, 15) is 9.59 Å². The molecule has 7 heteroatoms. The molecule has 29 heavy (non-hydrogen) atoms. The Kier molecular flexibility index (Phi) is 6.45. The maximum absolute atomic E-state index is 13.0. The summed E-state index contributed by atoms with van der Waals surface area (Å²) >= 11 is 0. The molecule has 3 atom stereocenters. The van der Waals surface area contributed by atoms with Crippen LogP contribution < -0.4 is 5.32 Å². The van der Waals surface area contributed by atoms with Gasteiger partial charge in [0.1, 0.15) is 0 Å². The van der Waals surface area contributed by atoms with Crippen LogP contribution in [-0.2, 0) is 20.7 Å². The molecule has 158 valence electrons. The van der Waals surface area contributed by atoms with Crippen molar-refractivity contribution in [1.82, 2.24) is 20.1 Å². The summed E-state index contributed by atoms with van der Waals surface area (Å²) in [6.07, 6.45) is 6.06. The molecule has 0 spiro atoms. The topological polar surface area (TPSA) is 74.8 Å². The molecule has 7 nitrogen and oxygen atoms in total. The zero-order chi connectivity index (χ0) is 20.2. The van der Waals surface area contributed by atoms with Gasteiger partial charge >= 0.3 is 0 Å². The Morgan fingerprint density at radius 3 is 2.83 bits per heavy atom. The Morgan fingerprint density at radius 2 is 2.10 bits per heavy atom. The molecule has 3 aliphatic heterocycles. The molecule has 1 N–H and O–H groups in total. The Balaban J connectivity index is 1.36. The molecule has 1 aromatic heterocycles. The lowest BCUT2D eigenvalue weighted by Crippen LogP contribution is -2.59. The molecule has 3 saturated heterocycles. The van der Waals surface area contributed by atoms with Crippen LogP contribution in [0.4, 0.5) is 0 Å². The number of nitrogens with one attached hydrogen (secondary N) is 1. The minimum absolute atomic E-state index is 0.0131. The van der Waals surface area contributed by atoms with E-state index in [0.29, 0.717) is 19.1 Å². The molecule has 0 saturated carbocycles. The third-order valence-electron chi connectivity index (χ3n) is 6.68. The highest BCUT2D eigenvalue weighted by Gasteiger charge is 2.49. The van der Waals surface area contributed by atoms with Gasteiger partial charge in [-0.1, -0.05) is 13.0 Å². The zero-order valence-corrected chi connectivity index (χ0v) is 17.3. The molecule has 0 radical (unpaired) electrons. The van der Waals surface area contributed by atoms with Crippen molar-refractivity contribution in [2.24, 2.45) is 5.92 Å². The molecular weight excluding hydrogens is 368 g/mol. The van der Waals surface area contributed by atoms with Crippen molar-refractivity contribution >= 4 is 11.8 Å². The smallest absolute Gasteiger partial charge is 0.237 e. The van der Waals surface area contributed by atoms with Crippen LogP contribution in [0, 0.1) is 5.92 Å². The summed E-state index contributed by atoms with van der Waals surface area (Å²) in [7, 11) is 0. The summed E-state index contributed by atoms with van der Waals surface area (Å²) < 4.78 is 5.48. The Labute approximate surface area is 172 Å². The molecule has 4 rings (SSSR count). The number of rotatable bonds is 6. The average Bonchev–Trinajstić information content (AvgIpc) is 3.14. The molecule has 0 aliphatic carbocycles. The Hall–Kier alpha value is -1.99. The Morgan fingerprint density at radius 1 is 1.28 bits per heavy atom. The summed E-state index contributed by atoms with van der Waals surface area (Å²) in [6.45, 7) is 5.58.